The van der Waals surface area contributed by atoms with Crippen molar-refractivity contribution in [2.75, 3.05) is 17.2 Å². The molecular formula is C16H28N4. The molecular weight excluding hydrogens is 248 g/mol. The monoisotopic (exact) mass is 276 g/mol. The van der Waals surface area contributed by atoms with Gasteiger partial charge in [-0.2, -0.15) is 0 Å². The zero-order chi connectivity index (χ0) is 14.8. The van der Waals surface area contributed by atoms with Crippen molar-refractivity contribution >= 4 is 11.6 Å². The molecule has 0 radical (unpaired) electrons. The smallest absolute Gasteiger partial charge is 0.138 e. The Labute approximate surface area is 122 Å². The van der Waals surface area contributed by atoms with Crippen LogP contribution in [0.4, 0.5) is 11.6 Å². The summed E-state index contributed by atoms with van der Waals surface area (Å²) in [6.45, 7) is 11.7. The molecule has 0 unspecified atom stereocenters. The minimum Gasteiger partial charge on any atom is -0.370 e. The van der Waals surface area contributed by atoms with Gasteiger partial charge >= 0.3 is 0 Å². The highest BCUT2D eigenvalue weighted by Crippen LogP contribution is 2.38. The van der Waals surface area contributed by atoms with E-state index in [1.165, 1.54) is 19.3 Å². The van der Waals surface area contributed by atoms with Crippen molar-refractivity contribution in [1.29, 1.82) is 0 Å². The number of rotatable bonds is 5. The SMILES string of the molecule is CCNc1cc(NC2(CC)CCC2)nc(C(C)(C)C)n1. The molecule has 4 heteroatoms. The molecule has 2 N–H and O–H groups in total. The fourth-order valence-corrected chi connectivity index (χ4v) is 2.56. The largest absolute Gasteiger partial charge is 0.370 e. The van der Waals surface area contributed by atoms with Crippen LogP contribution in [0.2, 0.25) is 0 Å². The van der Waals surface area contributed by atoms with E-state index in [0.717, 1.165) is 30.4 Å². The van der Waals surface area contributed by atoms with E-state index in [1.807, 2.05) is 6.07 Å². The van der Waals surface area contributed by atoms with Crippen LogP contribution in [0.3, 0.4) is 0 Å². The lowest BCUT2D eigenvalue weighted by Gasteiger charge is -2.42. The lowest BCUT2D eigenvalue weighted by atomic mass is 9.75. The molecule has 0 amide bonds. The lowest BCUT2D eigenvalue weighted by molar-refractivity contribution is 0.268. The molecule has 1 saturated carbocycles. The predicted octanol–water partition coefficient (Wildman–Crippen LogP) is 3.95. The minimum atomic E-state index is -0.0408. The number of aromatic nitrogens is 2. The molecule has 20 heavy (non-hydrogen) atoms. The topological polar surface area (TPSA) is 49.8 Å². The van der Waals surface area contributed by atoms with Crippen molar-refractivity contribution < 1.29 is 0 Å². The van der Waals surface area contributed by atoms with Crippen molar-refractivity contribution in [2.45, 2.75) is 71.3 Å². The van der Waals surface area contributed by atoms with E-state index in [1.54, 1.807) is 0 Å². The summed E-state index contributed by atoms with van der Waals surface area (Å²) in [7, 11) is 0. The van der Waals surface area contributed by atoms with Crippen LogP contribution in [0.15, 0.2) is 6.07 Å². The Kier molecular flexibility index (Phi) is 4.21. The molecule has 2 rings (SSSR count). The fourth-order valence-electron chi connectivity index (χ4n) is 2.56. The van der Waals surface area contributed by atoms with Crippen LogP contribution < -0.4 is 10.6 Å². The van der Waals surface area contributed by atoms with Crippen LogP contribution in [-0.4, -0.2) is 22.1 Å². The minimum absolute atomic E-state index is 0.0408. The van der Waals surface area contributed by atoms with Crippen molar-refractivity contribution in [1.82, 2.24) is 9.97 Å². The summed E-state index contributed by atoms with van der Waals surface area (Å²) in [4.78, 5) is 9.37. The molecule has 0 aliphatic heterocycles. The predicted molar refractivity (Wildman–Crippen MR) is 85.4 cm³/mol. The van der Waals surface area contributed by atoms with Crippen LogP contribution in [0, 0.1) is 0 Å². The molecule has 0 spiro atoms. The van der Waals surface area contributed by atoms with Gasteiger partial charge in [-0.3, -0.25) is 0 Å². The Morgan fingerprint density at radius 3 is 2.25 bits per heavy atom. The zero-order valence-corrected chi connectivity index (χ0v) is 13.5. The maximum Gasteiger partial charge on any atom is 0.138 e. The van der Waals surface area contributed by atoms with E-state index >= 15 is 0 Å². The second-order valence-electron chi connectivity index (χ2n) is 6.85. The van der Waals surface area contributed by atoms with Gasteiger partial charge in [-0.1, -0.05) is 27.7 Å². The fraction of sp³-hybridized carbons (Fsp3) is 0.750. The molecule has 1 aliphatic rings. The molecule has 0 aromatic carbocycles. The van der Waals surface area contributed by atoms with E-state index in [2.05, 4.69) is 50.2 Å². The third-order valence-electron chi connectivity index (χ3n) is 4.14. The molecule has 0 bridgehead atoms. The van der Waals surface area contributed by atoms with Crippen LogP contribution in [0.5, 0.6) is 0 Å². The second kappa shape index (κ2) is 5.58. The third-order valence-corrected chi connectivity index (χ3v) is 4.14. The van der Waals surface area contributed by atoms with Gasteiger partial charge in [0, 0.05) is 23.6 Å². The number of nitrogens with zero attached hydrogens (tertiary/aromatic N) is 2. The van der Waals surface area contributed by atoms with Crippen molar-refractivity contribution in [3.63, 3.8) is 0 Å². The van der Waals surface area contributed by atoms with Gasteiger partial charge in [0.05, 0.1) is 0 Å². The first-order valence-corrected chi connectivity index (χ1v) is 7.80. The van der Waals surface area contributed by atoms with E-state index in [9.17, 15) is 0 Å². The van der Waals surface area contributed by atoms with E-state index in [-0.39, 0.29) is 11.0 Å². The van der Waals surface area contributed by atoms with E-state index < -0.39 is 0 Å². The van der Waals surface area contributed by atoms with Crippen molar-refractivity contribution in [2.24, 2.45) is 0 Å². The van der Waals surface area contributed by atoms with Crippen molar-refractivity contribution in [3.8, 4) is 0 Å². The van der Waals surface area contributed by atoms with Gasteiger partial charge in [0.1, 0.15) is 17.5 Å². The Balaban J connectivity index is 2.29. The van der Waals surface area contributed by atoms with Gasteiger partial charge in [0.2, 0.25) is 0 Å². The molecule has 0 saturated heterocycles. The van der Waals surface area contributed by atoms with Gasteiger partial charge in [0.15, 0.2) is 0 Å². The summed E-state index contributed by atoms with van der Waals surface area (Å²) in [6, 6.07) is 2.04. The van der Waals surface area contributed by atoms with Crippen LogP contribution in [0.25, 0.3) is 0 Å². The highest BCUT2D eigenvalue weighted by molar-refractivity contribution is 5.50. The third kappa shape index (κ3) is 3.22. The van der Waals surface area contributed by atoms with Gasteiger partial charge in [-0.05, 0) is 32.6 Å². The Morgan fingerprint density at radius 1 is 1.15 bits per heavy atom. The first kappa shape index (κ1) is 15.1. The highest BCUT2D eigenvalue weighted by Gasteiger charge is 2.35. The summed E-state index contributed by atoms with van der Waals surface area (Å²) in [5.74, 6) is 2.77. The molecule has 1 heterocycles. The molecule has 1 aromatic heterocycles. The number of nitrogens with one attached hydrogen (secondary N) is 2. The van der Waals surface area contributed by atoms with Crippen LogP contribution >= 0.6 is 0 Å². The summed E-state index contributed by atoms with van der Waals surface area (Å²) in [5, 5.41) is 6.97. The molecule has 4 nitrogen and oxygen atoms in total. The number of hydrogen-bond acceptors (Lipinski definition) is 4. The average molecular weight is 276 g/mol. The maximum atomic E-state index is 4.74. The highest BCUT2D eigenvalue weighted by atomic mass is 15.1. The standard InChI is InChI=1S/C16H28N4/c1-6-16(9-8-10-16)20-13-11-12(17-7-2)18-14(19-13)15(3,4)5/h11H,6-10H2,1-5H3,(H2,17,18,19,20). The molecule has 112 valence electrons. The molecule has 1 fully saturated rings. The molecule has 1 aromatic rings. The number of anilines is 2. The number of hydrogen-bond donors (Lipinski definition) is 2. The Morgan fingerprint density at radius 2 is 1.80 bits per heavy atom. The lowest BCUT2D eigenvalue weighted by Crippen LogP contribution is -2.44. The quantitative estimate of drug-likeness (QED) is 0.855. The Bertz CT molecular complexity index is 453. The van der Waals surface area contributed by atoms with Gasteiger partial charge in [-0.25, -0.2) is 9.97 Å². The Hall–Kier alpha value is -1.32. The zero-order valence-electron chi connectivity index (χ0n) is 13.5. The summed E-state index contributed by atoms with van der Waals surface area (Å²) >= 11 is 0. The first-order valence-electron chi connectivity index (χ1n) is 7.80. The van der Waals surface area contributed by atoms with Gasteiger partial charge < -0.3 is 10.6 Å². The molecule has 0 atom stereocenters. The van der Waals surface area contributed by atoms with Gasteiger partial charge in [0.25, 0.3) is 0 Å². The normalized spacial score (nSPS) is 17.4. The van der Waals surface area contributed by atoms with Gasteiger partial charge in [-0.15, -0.1) is 0 Å². The van der Waals surface area contributed by atoms with Crippen molar-refractivity contribution in [3.05, 3.63) is 11.9 Å². The van der Waals surface area contributed by atoms with Crippen LogP contribution in [-0.2, 0) is 5.41 Å². The summed E-state index contributed by atoms with van der Waals surface area (Å²) in [5.41, 5.74) is 0.216. The van der Waals surface area contributed by atoms with Crippen LogP contribution in [0.1, 0.15) is 66.1 Å². The van der Waals surface area contributed by atoms with E-state index in [4.69, 9.17) is 4.98 Å². The van der Waals surface area contributed by atoms with E-state index in [0.29, 0.717) is 0 Å². The summed E-state index contributed by atoms with van der Waals surface area (Å²) in [6.07, 6.45) is 4.96. The molecule has 1 aliphatic carbocycles. The second-order valence-corrected chi connectivity index (χ2v) is 6.85. The maximum absolute atomic E-state index is 4.74. The summed E-state index contributed by atoms with van der Waals surface area (Å²) < 4.78 is 0. The first-order chi connectivity index (χ1) is 9.38. The average Bonchev–Trinajstić information content (AvgIpc) is 2.33.